The van der Waals surface area contributed by atoms with Gasteiger partial charge in [-0.25, -0.2) is 9.78 Å². The molecule has 0 fully saturated rings. The Kier molecular flexibility index (Phi) is 4.14. The third kappa shape index (κ3) is 3.05. The third-order valence-electron chi connectivity index (χ3n) is 1.99. The molecule has 0 aromatic carbocycles. The monoisotopic (exact) mass is 332 g/mol. The Labute approximate surface area is 115 Å². The highest BCUT2D eigenvalue weighted by atomic mass is 79.9. The molecule has 0 spiro atoms. The third-order valence-corrected chi connectivity index (χ3v) is 4.72. The van der Waals surface area contributed by atoms with Crippen molar-refractivity contribution in [1.29, 1.82) is 0 Å². The molecule has 0 amide bonds. The molecule has 0 aliphatic heterocycles. The van der Waals surface area contributed by atoms with Gasteiger partial charge in [0.15, 0.2) is 10.8 Å². The van der Waals surface area contributed by atoms with Gasteiger partial charge >= 0.3 is 5.97 Å². The normalized spacial score (nSPS) is 10.2. The van der Waals surface area contributed by atoms with Gasteiger partial charge in [-0.2, -0.15) is 0 Å². The fourth-order valence-corrected chi connectivity index (χ4v) is 3.27. The van der Waals surface area contributed by atoms with Crippen LogP contribution in [0.25, 0.3) is 0 Å². The molecule has 7 heteroatoms. The summed E-state index contributed by atoms with van der Waals surface area (Å²) in [5.41, 5.74) is 0.338. The number of halogens is 1. The Morgan fingerprint density at radius 3 is 3.06 bits per heavy atom. The number of thiazole rings is 1. The van der Waals surface area contributed by atoms with Gasteiger partial charge in [0.25, 0.3) is 0 Å². The highest BCUT2D eigenvalue weighted by Crippen LogP contribution is 2.24. The summed E-state index contributed by atoms with van der Waals surface area (Å²) in [6.45, 7) is 0.687. The number of thiophene rings is 1. The van der Waals surface area contributed by atoms with Gasteiger partial charge in [-0.05, 0) is 27.4 Å². The lowest BCUT2D eigenvalue weighted by Crippen LogP contribution is -2.02. The van der Waals surface area contributed by atoms with Crippen molar-refractivity contribution in [3.63, 3.8) is 0 Å². The Morgan fingerprint density at radius 2 is 2.41 bits per heavy atom. The predicted octanol–water partition coefficient (Wildman–Crippen LogP) is 3.37. The number of rotatable bonds is 4. The van der Waals surface area contributed by atoms with Gasteiger partial charge in [-0.1, -0.05) is 0 Å². The van der Waals surface area contributed by atoms with E-state index in [9.17, 15) is 4.79 Å². The Balaban J connectivity index is 1.98. The van der Waals surface area contributed by atoms with Crippen LogP contribution in [0.4, 0.5) is 5.13 Å². The van der Waals surface area contributed by atoms with Crippen LogP contribution in [0.5, 0.6) is 0 Å². The van der Waals surface area contributed by atoms with E-state index in [-0.39, 0.29) is 0 Å². The molecule has 2 aromatic heterocycles. The van der Waals surface area contributed by atoms with E-state index in [4.69, 9.17) is 0 Å². The average Bonchev–Trinajstić information content (AvgIpc) is 2.94. The molecule has 4 nitrogen and oxygen atoms in total. The standard InChI is InChI=1S/C10H9BrN2O2S2/c1-15-9(14)7-5-17-10(13-7)12-4-8-6(11)2-3-16-8/h2-3,5H,4H2,1H3,(H,12,13). The molecule has 2 rings (SSSR count). The molecule has 2 aromatic rings. The van der Waals surface area contributed by atoms with Gasteiger partial charge in [0.2, 0.25) is 0 Å². The summed E-state index contributed by atoms with van der Waals surface area (Å²) in [5.74, 6) is -0.411. The van der Waals surface area contributed by atoms with Gasteiger partial charge < -0.3 is 10.1 Å². The summed E-state index contributed by atoms with van der Waals surface area (Å²) in [7, 11) is 1.34. The largest absolute Gasteiger partial charge is 0.464 e. The number of hydrogen-bond donors (Lipinski definition) is 1. The first-order valence-corrected chi connectivity index (χ1v) is 7.25. The van der Waals surface area contributed by atoms with Crippen molar-refractivity contribution in [3.05, 3.63) is 31.9 Å². The smallest absolute Gasteiger partial charge is 0.357 e. The quantitative estimate of drug-likeness (QED) is 0.872. The number of nitrogens with zero attached hydrogens (tertiary/aromatic N) is 1. The van der Waals surface area contributed by atoms with Gasteiger partial charge in [0.1, 0.15) is 0 Å². The van der Waals surface area contributed by atoms with E-state index in [1.165, 1.54) is 23.3 Å². The van der Waals surface area contributed by atoms with Crippen LogP contribution in [0.1, 0.15) is 15.4 Å². The number of carbonyl (C=O) groups is 1. The summed E-state index contributed by atoms with van der Waals surface area (Å²) >= 11 is 6.51. The molecular weight excluding hydrogens is 324 g/mol. The zero-order valence-electron chi connectivity index (χ0n) is 8.90. The van der Waals surface area contributed by atoms with Crippen LogP contribution in [0.3, 0.4) is 0 Å². The Morgan fingerprint density at radius 1 is 1.59 bits per heavy atom. The minimum atomic E-state index is -0.411. The van der Waals surface area contributed by atoms with Crippen molar-refractivity contribution in [2.24, 2.45) is 0 Å². The number of methoxy groups -OCH3 is 1. The summed E-state index contributed by atoms with van der Waals surface area (Å²) in [6.07, 6.45) is 0. The zero-order valence-corrected chi connectivity index (χ0v) is 12.1. The molecule has 0 aliphatic carbocycles. The number of aromatic nitrogens is 1. The van der Waals surface area contributed by atoms with E-state index < -0.39 is 5.97 Å². The first-order chi connectivity index (χ1) is 8.20. The second-order valence-corrected chi connectivity index (χ2v) is 5.79. The lowest BCUT2D eigenvalue weighted by Gasteiger charge is -2.00. The fourth-order valence-electron chi connectivity index (χ4n) is 1.16. The molecule has 2 heterocycles. The van der Waals surface area contributed by atoms with Gasteiger partial charge in [-0.3, -0.25) is 0 Å². The van der Waals surface area contributed by atoms with Gasteiger partial charge in [0.05, 0.1) is 13.7 Å². The highest BCUT2D eigenvalue weighted by Gasteiger charge is 2.10. The van der Waals surface area contributed by atoms with Crippen LogP contribution >= 0.6 is 38.6 Å². The zero-order chi connectivity index (χ0) is 12.3. The first kappa shape index (κ1) is 12.5. The molecule has 17 heavy (non-hydrogen) atoms. The van der Waals surface area contributed by atoms with Crippen LogP contribution in [-0.4, -0.2) is 18.1 Å². The summed E-state index contributed by atoms with van der Waals surface area (Å²) in [6, 6.07) is 2.00. The molecule has 90 valence electrons. The van der Waals surface area contributed by atoms with Crippen LogP contribution in [-0.2, 0) is 11.3 Å². The van der Waals surface area contributed by atoms with Crippen molar-refractivity contribution >= 4 is 49.7 Å². The molecule has 0 radical (unpaired) electrons. The second kappa shape index (κ2) is 5.61. The maximum absolute atomic E-state index is 11.2. The fraction of sp³-hybridized carbons (Fsp3) is 0.200. The number of nitrogens with one attached hydrogen (secondary N) is 1. The number of anilines is 1. The van der Waals surface area contributed by atoms with Crippen molar-refractivity contribution in [1.82, 2.24) is 4.98 Å². The van der Waals surface area contributed by atoms with Gasteiger partial charge in [0, 0.05) is 14.7 Å². The van der Waals surface area contributed by atoms with E-state index in [1.54, 1.807) is 16.7 Å². The number of ether oxygens (including phenoxy) is 1. The minimum Gasteiger partial charge on any atom is -0.464 e. The van der Waals surface area contributed by atoms with Crippen molar-refractivity contribution < 1.29 is 9.53 Å². The Hall–Kier alpha value is -0.920. The van der Waals surface area contributed by atoms with E-state index in [0.29, 0.717) is 17.4 Å². The van der Waals surface area contributed by atoms with Gasteiger partial charge in [-0.15, -0.1) is 22.7 Å². The maximum Gasteiger partial charge on any atom is 0.357 e. The molecule has 0 saturated heterocycles. The van der Waals surface area contributed by atoms with E-state index in [2.05, 4.69) is 31.0 Å². The van der Waals surface area contributed by atoms with Crippen LogP contribution < -0.4 is 5.32 Å². The minimum absolute atomic E-state index is 0.338. The SMILES string of the molecule is COC(=O)c1csc(NCc2sccc2Br)n1. The number of hydrogen-bond acceptors (Lipinski definition) is 6. The first-order valence-electron chi connectivity index (χ1n) is 4.70. The molecule has 0 unspecified atom stereocenters. The van der Waals surface area contributed by atoms with Crippen molar-refractivity contribution in [3.8, 4) is 0 Å². The molecule has 1 N–H and O–H groups in total. The summed E-state index contributed by atoms with van der Waals surface area (Å²) in [5, 5.41) is 7.58. The van der Waals surface area contributed by atoms with Crippen molar-refractivity contribution in [2.75, 3.05) is 12.4 Å². The molecule has 0 aliphatic rings. The number of esters is 1. The van der Waals surface area contributed by atoms with E-state index in [0.717, 1.165) is 4.47 Å². The topological polar surface area (TPSA) is 51.2 Å². The van der Waals surface area contributed by atoms with Crippen LogP contribution in [0.2, 0.25) is 0 Å². The highest BCUT2D eigenvalue weighted by molar-refractivity contribution is 9.10. The van der Waals surface area contributed by atoms with E-state index >= 15 is 0 Å². The summed E-state index contributed by atoms with van der Waals surface area (Å²) < 4.78 is 5.67. The molecule has 0 bridgehead atoms. The van der Waals surface area contributed by atoms with Crippen LogP contribution in [0.15, 0.2) is 21.3 Å². The molecule has 0 saturated carbocycles. The van der Waals surface area contributed by atoms with E-state index in [1.807, 2.05) is 11.4 Å². The van der Waals surface area contributed by atoms with Crippen molar-refractivity contribution in [2.45, 2.75) is 6.54 Å². The lowest BCUT2D eigenvalue weighted by molar-refractivity contribution is 0.0595. The number of carbonyl (C=O) groups excluding carboxylic acids is 1. The average molecular weight is 333 g/mol. The molecule has 0 atom stereocenters. The summed E-state index contributed by atoms with van der Waals surface area (Å²) in [4.78, 5) is 16.5. The predicted molar refractivity (Wildman–Crippen MR) is 72.8 cm³/mol. The Bertz CT molecular complexity index is 524. The maximum atomic E-state index is 11.2. The molecular formula is C10H9BrN2O2S2. The second-order valence-electron chi connectivity index (χ2n) is 3.07. The van der Waals surface area contributed by atoms with Crippen LogP contribution in [0, 0.1) is 0 Å². The lowest BCUT2D eigenvalue weighted by atomic mass is 10.5.